The topological polar surface area (TPSA) is 86.7 Å². The number of aryl methyl sites for hydroxylation is 1. The van der Waals surface area contributed by atoms with Gasteiger partial charge in [0.05, 0.1) is 5.60 Å². The maximum Gasteiger partial charge on any atom is 0.240 e. The lowest BCUT2D eigenvalue weighted by Crippen LogP contribution is -2.45. The highest BCUT2D eigenvalue weighted by Gasteiger charge is 2.31. The number of nitrogens with one attached hydrogen (secondary N) is 1. The third kappa shape index (κ3) is 5.17. The molecule has 1 heterocycles. The number of carbonyl (C=O) groups is 3. The fourth-order valence-corrected chi connectivity index (χ4v) is 2.43. The van der Waals surface area contributed by atoms with Gasteiger partial charge in [0.15, 0.2) is 0 Å². The summed E-state index contributed by atoms with van der Waals surface area (Å²) in [4.78, 5) is 35.7. The van der Waals surface area contributed by atoms with Gasteiger partial charge in [0.25, 0.3) is 0 Å². The van der Waals surface area contributed by atoms with Crippen LogP contribution in [0.4, 0.5) is 0 Å². The highest BCUT2D eigenvalue weighted by Crippen LogP contribution is 2.14. The summed E-state index contributed by atoms with van der Waals surface area (Å²) in [7, 11) is 0. The Kier molecular flexibility index (Phi) is 5.50. The van der Waals surface area contributed by atoms with Crippen LogP contribution in [0.3, 0.4) is 0 Å². The van der Waals surface area contributed by atoms with Crippen molar-refractivity contribution in [1.29, 1.82) is 0 Å². The third-order valence-corrected chi connectivity index (χ3v) is 3.92. The smallest absolute Gasteiger partial charge is 0.240 e. The molecule has 6 nitrogen and oxygen atoms in total. The zero-order valence-electron chi connectivity index (χ0n) is 13.2. The second kappa shape index (κ2) is 7.37. The van der Waals surface area contributed by atoms with Crippen LogP contribution in [0.5, 0.6) is 0 Å². The van der Waals surface area contributed by atoms with Gasteiger partial charge in [-0.2, -0.15) is 0 Å². The highest BCUT2D eigenvalue weighted by molar-refractivity contribution is 6.04. The molecule has 3 amide bonds. The first-order valence-corrected chi connectivity index (χ1v) is 7.73. The molecule has 1 aliphatic heterocycles. The van der Waals surface area contributed by atoms with Crippen LogP contribution < -0.4 is 5.32 Å². The number of carbonyl (C=O) groups excluding carboxylic acids is 3. The molecule has 23 heavy (non-hydrogen) atoms. The van der Waals surface area contributed by atoms with E-state index in [9.17, 15) is 19.5 Å². The van der Waals surface area contributed by atoms with Crippen molar-refractivity contribution in [3.8, 4) is 0 Å². The van der Waals surface area contributed by atoms with Crippen molar-refractivity contribution >= 4 is 17.7 Å². The minimum absolute atomic E-state index is 0.0783. The number of imide groups is 1. The molecule has 0 radical (unpaired) electrons. The molecule has 1 aromatic carbocycles. The summed E-state index contributed by atoms with van der Waals surface area (Å²) >= 11 is 0. The Morgan fingerprint density at radius 2 is 1.83 bits per heavy atom. The van der Waals surface area contributed by atoms with Crippen LogP contribution in [-0.2, 0) is 20.8 Å². The molecule has 1 fully saturated rings. The molecule has 0 aliphatic carbocycles. The first-order valence-electron chi connectivity index (χ1n) is 7.73. The van der Waals surface area contributed by atoms with E-state index in [0.717, 1.165) is 10.5 Å². The van der Waals surface area contributed by atoms with Gasteiger partial charge < -0.3 is 10.4 Å². The molecule has 0 bridgehead atoms. The van der Waals surface area contributed by atoms with E-state index < -0.39 is 11.5 Å². The molecule has 1 saturated heterocycles. The van der Waals surface area contributed by atoms with Crippen LogP contribution in [-0.4, -0.2) is 46.4 Å². The van der Waals surface area contributed by atoms with Crippen LogP contribution in [0.15, 0.2) is 30.3 Å². The maximum atomic E-state index is 11.8. The van der Waals surface area contributed by atoms with Gasteiger partial charge in [0.1, 0.15) is 6.54 Å². The van der Waals surface area contributed by atoms with Gasteiger partial charge in [0.2, 0.25) is 17.7 Å². The summed E-state index contributed by atoms with van der Waals surface area (Å²) < 4.78 is 0. The molecule has 1 atom stereocenters. The van der Waals surface area contributed by atoms with Gasteiger partial charge in [-0.05, 0) is 25.3 Å². The van der Waals surface area contributed by atoms with Gasteiger partial charge in [-0.25, -0.2) is 0 Å². The Labute approximate surface area is 135 Å². The Bertz CT molecular complexity index is 568. The summed E-state index contributed by atoms with van der Waals surface area (Å²) in [6.07, 6.45) is 1.54. The van der Waals surface area contributed by atoms with E-state index in [2.05, 4.69) is 5.32 Å². The predicted molar refractivity (Wildman–Crippen MR) is 84.4 cm³/mol. The molecular formula is C17H22N2O4. The first kappa shape index (κ1) is 17.1. The normalized spacial score (nSPS) is 17.2. The lowest BCUT2D eigenvalue weighted by molar-refractivity contribution is -0.142. The number of rotatable bonds is 7. The number of hydrogen-bond donors (Lipinski definition) is 2. The molecule has 0 unspecified atom stereocenters. The van der Waals surface area contributed by atoms with E-state index in [4.69, 9.17) is 0 Å². The zero-order valence-corrected chi connectivity index (χ0v) is 13.2. The average Bonchev–Trinajstić information content (AvgIpc) is 2.84. The van der Waals surface area contributed by atoms with Crippen molar-refractivity contribution in [2.24, 2.45) is 0 Å². The van der Waals surface area contributed by atoms with E-state index in [1.165, 1.54) is 0 Å². The predicted octanol–water partition coefficient (Wildman–Crippen LogP) is 0.635. The molecule has 2 N–H and O–H groups in total. The van der Waals surface area contributed by atoms with Gasteiger partial charge >= 0.3 is 0 Å². The summed E-state index contributed by atoms with van der Waals surface area (Å²) in [5, 5.41) is 12.9. The number of aliphatic hydroxyl groups is 1. The molecule has 0 saturated carbocycles. The average molecular weight is 318 g/mol. The summed E-state index contributed by atoms with van der Waals surface area (Å²) in [5.74, 6) is -1.07. The molecule has 0 spiro atoms. The second-order valence-electron chi connectivity index (χ2n) is 6.13. The first-order chi connectivity index (χ1) is 10.9. The summed E-state index contributed by atoms with van der Waals surface area (Å²) in [5.41, 5.74) is 0.0669. The van der Waals surface area contributed by atoms with Crippen molar-refractivity contribution < 1.29 is 19.5 Å². The third-order valence-electron chi connectivity index (χ3n) is 3.92. The molecule has 0 aromatic heterocycles. The van der Waals surface area contributed by atoms with E-state index in [-0.39, 0.29) is 37.7 Å². The van der Waals surface area contributed by atoms with E-state index >= 15 is 0 Å². The number of amides is 3. The quantitative estimate of drug-likeness (QED) is 0.722. The second-order valence-corrected chi connectivity index (χ2v) is 6.13. The Balaban J connectivity index is 1.76. The zero-order chi connectivity index (χ0) is 16.9. The van der Waals surface area contributed by atoms with Crippen LogP contribution in [0.2, 0.25) is 0 Å². The summed E-state index contributed by atoms with van der Waals surface area (Å²) in [6.45, 7) is 1.46. The molecule has 1 aromatic rings. The lowest BCUT2D eigenvalue weighted by Gasteiger charge is -2.24. The number of nitrogens with zero attached hydrogens (tertiary/aromatic N) is 1. The Morgan fingerprint density at radius 3 is 2.43 bits per heavy atom. The van der Waals surface area contributed by atoms with Gasteiger partial charge in [-0.15, -0.1) is 0 Å². The molecule has 2 rings (SSSR count). The molecule has 1 aliphatic rings. The minimum atomic E-state index is -1.05. The van der Waals surface area contributed by atoms with E-state index in [1.807, 2.05) is 30.3 Å². The fraction of sp³-hybridized carbons (Fsp3) is 0.471. The monoisotopic (exact) mass is 318 g/mol. The van der Waals surface area contributed by atoms with Crippen LogP contribution in [0.1, 0.15) is 31.7 Å². The largest absolute Gasteiger partial charge is 0.388 e. The SMILES string of the molecule is C[C@@](O)(CCc1ccccc1)CNC(=O)CN1C(=O)CCC1=O. The van der Waals surface area contributed by atoms with Gasteiger partial charge in [-0.3, -0.25) is 19.3 Å². The van der Waals surface area contributed by atoms with Crippen molar-refractivity contribution in [3.63, 3.8) is 0 Å². The van der Waals surface area contributed by atoms with Crippen LogP contribution >= 0.6 is 0 Å². The molecule has 6 heteroatoms. The number of benzene rings is 1. The molecular weight excluding hydrogens is 296 g/mol. The number of likely N-dealkylation sites (tertiary alicyclic amines) is 1. The highest BCUT2D eigenvalue weighted by atomic mass is 16.3. The maximum absolute atomic E-state index is 11.8. The van der Waals surface area contributed by atoms with E-state index in [0.29, 0.717) is 12.8 Å². The standard InChI is InChI=1S/C17H22N2O4/c1-17(23,10-9-13-5-3-2-4-6-13)12-18-14(20)11-19-15(21)7-8-16(19)22/h2-6,23H,7-12H2,1H3,(H,18,20)/t17-/m1/s1. The van der Waals surface area contributed by atoms with Gasteiger partial charge in [-0.1, -0.05) is 30.3 Å². The van der Waals surface area contributed by atoms with Crippen LogP contribution in [0, 0.1) is 0 Å². The van der Waals surface area contributed by atoms with E-state index in [1.54, 1.807) is 6.92 Å². The van der Waals surface area contributed by atoms with Crippen molar-refractivity contribution in [3.05, 3.63) is 35.9 Å². The Morgan fingerprint density at radius 1 is 1.22 bits per heavy atom. The minimum Gasteiger partial charge on any atom is -0.388 e. The van der Waals surface area contributed by atoms with Crippen LogP contribution in [0.25, 0.3) is 0 Å². The summed E-state index contributed by atoms with van der Waals surface area (Å²) in [6, 6.07) is 9.78. The fourth-order valence-electron chi connectivity index (χ4n) is 2.43. The van der Waals surface area contributed by atoms with Gasteiger partial charge in [0, 0.05) is 19.4 Å². The van der Waals surface area contributed by atoms with Crippen molar-refractivity contribution in [1.82, 2.24) is 10.2 Å². The lowest BCUT2D eigenvalue weighted by atomic mass is 9.97. The Hall–Kier alpha value is -2.21. The van der Waals surface area contributed by atoms with Crippen molar-refractivity contribution in [2.75, 3.05) is 13.1 Å². The van der Waals surface area contributed by atoms with Crippen molar-refractivity contribution in [2.45, 2.75) is 38.2 Å². The number of hydrogen-bond acceptors (Lipinski definition) is 4. The molecule has 124 valence electrons.